The van der Waals surface area contributed by atoms with Crippen molar-refractivity contribution in [2.45, 2.75) is 18.9 Å². The standard InChI is InChI=1S/C15H20BrClN2.2ClH/c1-2-3-4-15(19-9-7-18-8-10-19)13-11-12(16)5-6-14(13)17;;/h2,5-6,11,15,18H,1,3-4,7-10H2;2*1H/t15-;;/m0../s1. The van der Waals surface area contributed by atoms with E-state index >= 15 is 0 Å². The van der Waals surface area contributed by atoms with Crippen molar-refractivity contribution in [3.05, 3.63) is 45.9 Å². The Morgan fingerprint density at radius 1 is 1.33 bits per heavy atom. The molecule has 1 aliphatic rings. The van der Waals surface area contributed by atoms with Gasteiger partial charge in [-0.1, -0.05) is 33.6 Å². The minimum Gasteiger partial charge on any atom is -0.314 e. The number of rotatable bonds is 5. The van der Waals surface area contributed by atoms with Crippen LogP contribution >= 0.6 is 52.3 Å². The smallest absolute Gasteiger partial charge is 0.0454 e. The maximum absolute atomic E-state index is 6.40. The molecule has 0 bridgehead atoms. The second kappa shape index (κ2) is 10.9. The van der Waals surface area contributed by atoms with Crippen LogP contribution in [0.25, 0.3) is 0 Å². The second-order valence-electron chi connectivity index (χ2n) is 4.83. The summed E-state index contributed by atoms with van der Waals surface area (Å²) in [4.78, 5) is 2.52. The van der Waals surface area contributed by atoms with Crippen molar-refractivity contribution in [3.63, 3.8) is 0 Å². The Morgan fingerprint density at radius 2 is 2.00 bits per heavy atom. The van der Waals surface area contributed by atoms with Gasteiger partial charge in [0.05, 0.1) is 0 Å². The van der Waals surface area contributed by atoms with E-state index in [1.54, 1.807) is 0 Å². The molecule has 1 atom stereocenters. The van der Waals surface area contributed by atoms with E-state index < -0.39 is 0 Å². The molecule has 1 aromatic carbocycles. The Labute approximate surface area is 153 Å². The molecule has 0 radical (unpaired) electrons. The monoisotopic (exact) mass is 414 g/mol. The summed E-state index contributed by atoms with van der Waals surface area (Å²) in [5.41, 5.74) is 1.22. The van der Waals surface area contributed by atoms with Gasteiger partial charge in [-0.2, -0.15) is 0 Å². The molecule has 1 fully saturated rings. The lowest BCUT2D eigenvalue weighted by Gasteiger charge is -2.35. The van der Waals surface area contributed by atoms with E-state index in [1.165, 1.54) is 5.56 Å². The maximum Gasteiger partial charge on any atom is 0.0454 e. The fraction of sp³-hybridized carbons (Fsp3) is 0.467. The minimum atomic E-state index is 0. The fourth-order valence-corrected chi connectivity index (χ4v) is 3.20. The van der Waals surface area contributed by atoms with Gasteiger partial charge in [0.2, 0.25) is 0 Å². The zero-order valence-corrected chi connectivity index (χ0v) is 15.8. The Hall–Kier alpha value is 0.230. The lowest BCUT2D eigenvalue weighted by Crippen LogP contribution is -2.45. The average Bonchev–Trinajstić information content (AvgIpc) is 2.44. The van der Waals surface area contributed by atoms with Crippen molar-refractivity contribution in [3.8, 4) is 0 Å². The van der Waals surface area contributed by atoms with Crippen molar-refractivity contribution in [1.82, 2.24) is 10.2 Å². The van der Waals surface area contributed by atoms with Crippen LogP contribution in [0.2, 0.25) is 5.02 Å². The lowest BCUT2D eigenvalue weighted by atomic mass is 9.99. The zero-order chi connectivity index (χ0) is 13.7. The number of hydrogen-bond donors (Lipinski definition) is 1. The van der Waals surface area contributed by atoms with Crippen molar-refractivity contribution < 1.29 is 0 Å². The molecule has 1 heterocycles. The van der Waals surface area contributed by atoms with E-state index in [-0.39, 0.29) is 24.8 Å². The van der Waals surface area contributed by atoms with Crippen LogP contribution in [0.4, 0.5) is 0 Å². The van der Waals surface area contributed by atoms with Crippen LogP contribution in [-0.2, 0) is 0 Å². The molecule has 2 rings (SSSR count). The van der Waals surface area contributed by atoms with Crippen LogP contribution in [0, 0.1) is 0 Å². The van der Waals surface area contributed by atoms with Gasteiger partial charge in [0.15, 0.2) is 0 Å². The van der Waals surface area contributed by atoms with E-state index in [9.17, 15) is 0 Å². The van der Waals surface area contributed by atoms with Crippen molar-refractivity contribution in [2.75, 3.05) is 26.2 Å². The Balaban J connectivity index is 0.00000200. The molecular weight excluding hydrogens is 394 g/mol. The summed E-state index contributed by atoms with van der Waals surface area (Å²) in [6.45, 7) is 8.09. The number of nitrogens with zero attached hydrogens (tertiary/aromatic N) is 1. The van der Waals surface area contributed by atoms with Gasteiger partial charge in [0.25, 0.3) is 0 Å². The maximum atomic E-state index is 6.40. The molecule has 21 heavy (non-hydrogen) atoms. The zero-order valence-electron chi connectivity index (χ0n) is 11.9. The van der Waals surface area contributed by atoms with Crippen LogP contribution in [0.5, 0.6) is 0 Å². The SMILES string of the molecule is C=CCC[C@@H](c1cc(Br)ccc1Cl)N1CCNCC1.Cl.Cl. The second-order valence-corrected chi connectivity index (χ2v) is 6.16. The van der Waals surface area contributed by atoms with Gasteiger partial charge in [-0.25, -0.2) is 0 Å². The van der Waals surface area contributed by atoms with Gasteiger partial charge in [-0.15, -0.1) is 31.4 Å². The first-order chi connectivity index (χ1) is 9.22. The average molecular weight is 417 g/mol. The molecule has 0 aromatic heterocycles. The van der Waals surface area contributed by atoms with E-state index in [2.05, 4.69) is 38.8 Å². The van der Waals surface area contributed by atoms with Gasteiger partial charge in [-0.05, 0) is 36.6 Å². The molecule has 2 nitrogen and oxygen atoms in total. The topological polar surface area (TPSA) is 15.3 Å². The Morgan fingerprint density at radius 3 is 2.62 bits per heavy atom. The van der Waals surface area contributed by atoms with Crippen LogP contribution < -0.4 is 5.32 Å². The first-order valence-corrected chi connectivity index (χ1v) is 7.90. The lowest BCUT2D eigenvalue weighted by molar-refractivity contribution is 0.166. The summed E-state index contributed by atoms with van der Waals surface area (Å²) in [7, 11) is 0. The predicted molar refractivity (Wildman–Crippen MR) is 100 cm³/mol. The van der Waals surface area contributed by atoms with E-state index in [1.807, 2.05) is 18.2 Å². The third-order valence-electron chi connectivity index (χ3n) is 3.55. The summed E-state index contributed by atoms with van der Waals surface area (Å²) in [5.74, 6) is 0. The first kappa shape index (κ1) is 21.2. The van der Waals surface area contributed by atoms with Crippen molar-refractivity contribution >= 4 is 52.3 Å². The number of halogens is 4. The number of benzene rings is 1. The summed E-state index contributed by atoms with van der Waals surface area (Å²) in [6.07, 6.45) is 4.07. The van der Waals surface area contributed by atoms with E-state index in [4.69, 9.17) is 11.6 Å². The van der Waals surface area contributed by atoms with Crippen LogP contribution in [0.3, 0.4) is 0 Å². The summed E-state index contributed by atoms with van der Waals surface area (Å²) in [5, 5.41) is 4.26. The molecule has 1 N–H and O–H groups in total. The number of piperazine rings is 1. The highest BCUT2D eigenvalue weighted by molar-refractivity contribution is 9.10. The highest BCUT2D eigenvalue weighted by atomic mass is 79.9. The van der Waals surface area contributed by atoms with Gasteiger partial charge >= 0.3 is 0 Å². The van der Waals surface area contributed by atoms with Crippen LogP contribution in [-0.4, -0.2) is 31.1 Å². The highest BCUT2D eigenvalue weighted by Crippen LogP contribution is 2.33. The third kappa shape index (κ3) is 6.09. The predicted octanol–water partition coefficient (Wildman–Crippen LogP) is 4.86. The number of hydrogen-bond acceptors (Lipinski definition) is 2. The number of nitrogens with one attached hydrogen (secondary N) is 1. The molecule has 0 saturated carbocycles. The summed E-state index contributed by atoms with van der Waals surface area (Å²) < 4.78 is 1.09. The molecule has 0 spiro atoms. The largest absolute Gasteiger partial charge is 0.314 e. The molecule has 0 aliphatic carbocycles. The van der Waals surface area contributed by atoms with E-state index in [0.717, 1.165) is 48.5 Å². The van der Waals surface area contributed by atoms with Gasteiger partial charge in [-0.3, -0.25) is 4.90 Å². The number of allylic oxidation sites excluding steroid dienone is 1. The van der Waals surface area contributed by atoms with Crippen molar-refractivity contribution in [1.29, 1.82) is 0 Å². The normalized spacial score (nSPS) is 16.5. The molecular formula is C15H22BrCl3N2. The molecule has 1 aliphatic heterocycles. The van der Waals surface area contributed by atoms with E-state index in [0.29, 0.717) is 6.04 Å². The molecule has 6 heteroatoms. The quantitative estimate of drug-likeness (QED) is 0.690. The van der Waals surface area contributed by atoms with Crippen molar-refractivity contribution in [2.24, 2.45) is 0 Å². The van der Waals surface area contributed by atoms with Gasteiger partial charge in [0.1, 0.15) is 0 Å². The molecule has 0 unspecified atom stereocenters. The minimum absolute atomic E-state index is 0. The van der Waals surface area contributed by atoms with Gasteiger partial charge in [0, 0.05) is 41.7 Å². The Kier molecular flexibility index (Phi) is 11.0. The highest BCUT2D eigenvalue weighted by Gasteiger charge is 2.23. The van der Waals surface area contributed by atoms with Crippen LogP contribution in [0.15, 0.2) is 35.3 Å². The Bertz CT molecular complexity index is 437. The third-order valence-corrected chi connectivity index (χ3v) is 4.39. The van der Waals surface area contributed by atoms with Gasteiger partial charge < -0.3 is 5.32 Å². The fourth-order valence-electron chi connectivity index (χ4n) is 2.57. The molecule has 120 valence electrons. The molecule has 1 aromatic rings. The first-order valence-electron chi connectivity index (χ1n) is 6.73. The summed E-state index contributed by atoms with van der Waals surface area (Å²) >= 11 is 9.95. The van der Waals surface area contributed by atoms with Crippen LogP contribution in [0.1, 0.15) is 24.4 Å². The summed E-state index contributed by atoms with van der Waals surface area (Å²) in [6, 6.07) is 6.50. The molecule has 0 amide bonds. The molecule has 1 saturated heterocycles.